The van der Waals surface area contributed by atoms with Crippen molar-refractivity contribution in [3.8, 4) is 0 Å². The molecule has 1 aromatic rings. The van der Waals surface area contributed by atoms with Gasteiger partial charge in [-0.2, -0.15) is 4.39 Å². The van der Waals surface area contributed by atoms with Gasteiger partial charge in [0.2, 0.25) is 5.95 Å². The summed E-state index contributed by atoms with van der Waals surface area (Å²) in [6, 6.07) is 4.29. The summed E-state index contributed by atoms with van der Waals surface area (Å²) in [5, 5.41) is 3.03. The van der Waals surface area contributed by atoms with E-state index in [1.54, 1.807) is 12.1 Å². The molecule has 4 rings (SSSR count). The van der Waals surface area contributed by atoms with Crippen molar-refractivity contribution >= 4 is 11.6 Å². The lowest BCUT2D eigenvalue weighted by Gasteiger charge is -2.39. The molecule has 32 heavy (non-hydrogen) atoms. The first kappa shape index (κ1) is 23.5. The van der Waals surface area contributed by atoms with Gasteiger partial charge in [-0.1, -0.05) is 46.5 Å². The molecule has 5 nitrogen and oxygen atoms in total. The Morgan fingerprint density at radius 2 is 1.81 bits per heavy atom. The molecule has 0 bridgehead atoms. The van der Waals surface area contributed by atoms with E-state index >= 15 is 0 Å². The summed E-state index contributed by atoms with van der Waals surface area (Å²) in [5.74, 6) is 0.0304. The highest BCUT2D eigenvalue weighted by Crippen LogP contribution is 2.43. The van der Waals surface area contributed by atoms with Gasteiger partial charge in [-0.25, -0.2) is 4.98 Å². The maximum atomic E-state index is 14.8. The third-order valence-corrected chi connectivity index (χ3v) is 8.59. The zero-order valence-electron chi connectivity index (χ0n) is 20.2. The number of carbonyl (C=O) groups is 1. The highest BCUT2D eigenvalue weighted by atomic mass is 19.1. The summed E-state index contributed by atoms with van der Waals surface area (Å²) in [7, 11) is 0. The maximum Gasteiger partial charge on any atom is 0.270 e. The minimum Gasteiger partial charge on any atom is -0.365 e. The summed E-state index contributed by atoms with van der Waals surface area (Å²) >= 11 is 0. The number of hydrogen-bond donors (Lipinski definition) is 1. The molecule has 1 N–H and O–H groups in total. The average Bonchev–Trinajstić information content (AvgIpc) is 3.31. The number of hydrogen-bond acceptors (Lipinski definition) is 4. The molecule has 0 spiro atoms. The van der Waals surface area contributed by atoms with Gasteiger partial charge in [-0.15, -0.1) is 0 Å². The van der Waals surface area contributed by atoms with Crippen molar-refractivity contribution in [1.82, 2.24) is 15.2 Å². The van der Waals surface area contributed by atoms with E-state index in [2.05, 4.69) is 40.9 Å². The molecule has 6 heteroatoms. The van der Waals surface area contributed by atoms with E-state index in [4.69, 9.17) is 0 Å². The van der Waals surface area contributed by atoms with Gasteiger partial charge in [0.15, 0.2) is 0 Å². The van der Waals surface area contributed by atoms with Crippen molar-refractivity contribution in [1.29, 1.82) is 0 Å². The van der Waals surface area contributed by atoms with Crippen LogP contribution in [-0.4, -0.2) is 54.1 Å². The molecule has 2 aliphatic carbocycles. The van der Waals surface area contributed by atoms with Gasteiger partial charge in [-0.05, 0) is 55.6 Å². The van der Waals surface area contributed by atoms with Gasteiger partial charge < -0.3 is 10.2 Å². The minimum absolute atomic E-state index is 0.186. The Kier molecular flexibility index (Phi) is 7.38. The molecule has 3 aliphatic rings. The smallest absolute Gasteiger partial charge is 0.270 e. The first-order valence-corrected chi connectivity index (χ1v) is 12.8. The van der Waals surface area contributed by atoms with Crippen molar-refractivity contribution in [3.63, 3.8) is 0 Å². The molecule has 1 aromatic heterocycles. The predicted octanol–water partition coefficient (Wildman–Crippen LogP) is 5.01. The molecule has 1 amide bonds. The normalized spacial score (nSPS) is 25.8. The molecule has 178 valence electrons. The quantitative estimate of drug-likeness (QED) is 0.627. The standard InChI is InChI=1S/C26H41FN4O/c1-4-26(2,3)19-10-11-21(18-19)30-14-16-31(17-15-30)23-13-12-22(29-24(23)27)25(32)28-20-8-6-5-7-9-20/h12-13,19-21H,4-11,14-18H2,1-3H3,(H,28,32)/t19?,21-/m1/s1. The molecule has 3 fully saturated rings. The van der Waals surface area contributed by atoms with Crippen LogP contribution in [-0.2, 0) is 0 Å². The number of aromatic nitrogens is 1. The van der Waals surface area contributed by atoms with Crippen LogP contribution in [0.5, 0.6) is 0 Å². The third kappa shape index (κ3) is 5.27. The fourth-order valence-electron chi connectivity index (χ4n) is 5.91. The van der Waals surface area contributed by atoms with Crippen LogP contribution in [0.2, 0.25) is 0 Å². The first-order valence-electron chi connectivity index (χ1n) is 12.8. The number of halogens is 1. The second-order valence-electron chi connectivity index (χ2n) is 10.8. The Labute approximate surface area is 193 Å². The third-order valence-electron chi connectivity index (χ3n) is 8.59. The summed E-state index contributed by atoms with van der Waals surface area (Å²) in [5.41, 5.74) is 1.14. The van der Waals surface area contributed by atoms with Crippen molar-refractivity contribution in [2.24, 2.45) is 11.3 Å². The molecule has 1 unspecified atom stereocenters. The lowest BCUT2D eigenvalue weighted by Crippen LogP contribution is -2.50. The second-order valence-corrected chi connectivity index (χ2v) is 10.8. The zero-order valence-corrected chi connectivity index (χ0v) is 20.2. The van der Waals surface area contributed by atoms with E-state index in [0.29, 0.717) is 17.1 Å². The van der Waals surface area contributed by atoms with Crippen molar-refractivity contribution < 1.29 is 9.18 Å². The van der Waals surface area contributed by atoms with Gasteiger partial charge in [0.25, 0.3) is 5.91 Å². The summed E-state index contributed by atoms with van der Waals surface area (Å²) in [6.07, 6.45) is 10.7. The van der Waals surface area contributed by atoms with Gasteiger partial charge >= 0.3 is 0 Å². The van der Waals surface area contributed by atoms with Gasteiger partial charge in [0.05, 0.1) is 5.69 Å². The van der Waals surface area contributed by atoms with E-state index in [9.17, 15) is 9.18 Å². The number of rotatable bonds is 6. The lowest BCUT2D eigenvalue weighted by atomic mass is 9.76. The number of amides is 1. The molecule has 1 saturated heterocycles. The monoisotopic (exact) mass is 444 g/mol. The molecule has 0 radical (unpaired) electrons. The molecule has 2 saturated carbocycles. The van der Waals surface area contributed by atoms with Crippen molar-refractivity contribution in [3.05, 3.63) is 23.8 Å². The Hall–Kier alpha value is -1.69. The molecule has 0 aromatic carbocycles. The molecule has 1 aliphatic heterocycles. The van der Waals surface area contributed by atoms with E-state index in [0.717, 1.165) is 57.8 Å². The fraction of sp³-hybridized carbons (Fsp3) is 0.769. The maximum absolute atomic E-state index is 14.8. The topological polar surface area (TPSA) is 48.5 Å². The van der Waals surface area contributed by atoms with Crippen LogP contribution in [0.3, 0.4) is 0 Å². The van der Waals surface area contributed by atoms with Gasteiger partial charge in [-0.3, -0.25) is 9.69 Å². The van der Waals surface area contributed by atoms with Crippen LogP contribution < -0.4 is 10.2 Å². The summed E-state index contributed by atoms with van der Waals surface area (Å²) < 4.78 is 14.8. The Morgan fingerprint density at radius 3 is 2.47 bits per heavy atom. The van der Waals surface area contributed by atoms with E-state index < -0.39 is 5.95 Å². The van der Waals surface area contributed by atoms with Crippen molar-refractivity contribution in [2.75, 3.05) is 31.1 Å². The van der Waals surface area contributed by atoms with Gasteiger partial charge in [0.1, 0.15) is 5.69 Å². The Bertz CT molecular complexity index is 784. The van der Waals surface area contributed by atoms with Crippen LogP contribution in [0.25, 0.3) is 0 Å². The number of anilines is 1. The SMILES string of the molecule is CCC(C)(C)C1CC[C@@H](N2CCN(c3ccc(C(=O)NC4CCCCC4)nc3F)CC2)C1. The highest BCUT2D eigenvalue weighted by Gasteiger charge is 2.38. The minimum atomic E-state index is -0.527. The van der Waals surface area contributed by atoms with Crippen LogP contribution in [0.4, 0.5) is 10.1 Å². The van der Waals surface area contributed by atoms with Crippen LogP contribution in [0.1, 0.15) is 89.0 Å². The molecule has 2 atom stereocenters. The lowest BCUT2D eigenvalue weighted by molar-refractivity contribution is 0.0921. The average molecular weight is 445 g/mol. The fourth-order valence-corrected chi connectivity index (χ4v) is 5.91. The zero-order chi connectivity index (χ0) is 22.7. The Balaban J connectivity index is 1.30. The molecular formula is C26H41FN4O. The number of nitrogens with zero attached hydrogens (tertiary/aromatic N) is 3. The van der Waals surface area contributed by atoms with Crippen LogP contribution in [0, 0.1) is 17.3 Å². The van der Waals surface area contributed by atoms with Crippen molar-refractivity contribution in [2.45, 2.75) is 90.6 Å². The largest absolute Gasteiger partial charge is 0.365 e. The van der Waals surface area contributed by atoms with Gasteiger partial charge in [0, 0.05) is 38.3 Å². The Morgan fingerprint density at radius 1 is 1.09 bits per heavy atom. The van der Waals surface area contributed by atoms with E-state index in [1.807, 2.05) is 0 Å². The number of nitrogens with one attached hydrogen (secondary N) is 1. The predicted molar refractivity (Wildman–Crippen MR) is 128 cm³/mol. The summed E-state index contributed by atoms with van der Waals surface area (Å²) in [6.45, 7) is 10.7. The van der Waals surface area contributed by atoms with E-state index in [1.165, 1.54) is 32.1 Å². The summed E-state index contributed by atoms with van der Waals surface area (Å²) in [4.78, 5) is 21.2. The van der Waals surface area contributed by atoms with E-state index in [-0.39, 0.29) is 17.6 Å². The molecular weight excluding hydrogens is 403 g/mol. The van der Waals surface area contributed by atoms with Crippen LogP contribution >= 0.6 is 0 Å². The first-order chi connectivity index (χ1) is 15.4. The molecule has 2 heterocycles. The number of piperazine rings is 1. The number of carbonyl (C=O) groups excluding carboxylic acids is 1. The van der Waals surface area contributed by atoms with Crippen LogP contribution in [0.15, 0.2) is 12.1 Å². The number of pyridine rings is 1. The highest BCUT2D eigenvalue weighted by molar-refractivity contribution is 5.92. The second kappa shape index (κ2) is 10.1.